The standard InChI is InChI=1S/C31H32ClN3O4/c1-18(2)12-13-39-23-7-5-6-21(15-23)30-27-28(24-16-25(32)19(3)14-26(24)36)33-34-29(27)31(37)35(30)17-20-8-10-22(38-4)11-9-20/h5-11,14-16,18,30,36H,12-13,17H2,1-4H3,(H,33,34). The fraction of sp³-hybridized carbons (Fsp3) is 0.290. The maximum absolute atomic E-state index is 13.8. The number of aryl methyl sites for hydroxylation is 1. The summed E-state index contributed by atoms with van der Waals surface area (Å²) in [6.45, 7) is 7.13. The van der Waals surface area contributed by atoms with Gasteiger partial charge in [-0.2, -0.15) is 5.10 Å². The molecule has 4 aromatic rings. The molecule has 1 aromatic heterocycles. The van der Waals surface area contributed by atoms with Crippen molar-refractivity contribution in [2.75, 3.05) is 13.7 Å². The van der Waals surface area contributed by atoms with Crippen molar-refractivity contribution < 1.29 is 19.4 Å². The number of phenols is 1. The summed E-state index contributed by atoms with van der Waals surface area (Å²) in [6, 6.07) is 18.3. The highest BCUT2D eigenvalue weighted by Crippen LogP contribution is 2.46. The van der Waals surface area contributed by atoms with E-state index in [4.69, 9.17) is 21.1 Å². The Labute approximate surface area is 233 Å². The van der Waals surface area contributed by atoms with Gasteiger partial charge in [-0.15, -0.1) is 0 Å². The van der Waals surface area contributed by atoms with Gasteiger partial charge >= 0.3 is 0 Å². The number of hydrogen-bond acceptors (Lipinski definition) is 5. The second kappa shape index (κ2) is 11.0. The van der Waals surface area contributed by atoms with E-state index in [9.17, 15) is 9.90 Å². The first-order valence-corrected chi connectivity index (χ1v) is 13.4. The molecule has 2 heterocycles. The summed E-state index contributed by atoms with van der Waals surface area (Å²) in [5.41, 5.74) is 4.65. The van der Waals surface area contributed by atoms with Crippen LogP contribution in [0.4, 0.5) is 0 Å². The number of aromatic hydroxyl groups is 1. The first kappa shape index (κ1) is 26.6. The summed E-state index contributed by atoms with van der Waals surface area (Å²) < 4.78 is 11.4. The van der Waals surface area contributed by atoms with Crippen molar-refractivity contribution in [3.63, 3.8) is 0 Å². The summed E-state index contributed by atoms with van der Waals surface area (Å²) in [5.74, 6) is 1.90. The van der Waals surface area contributed by atoms with Crippen LogP contribution in [0.5, 0.6) is 17.2 Å². The molecule has 1 aliphatic rings. The first-order chi connectivity index (χ1) is 18.8. The van der Waals surface area contributed by atoms with E-state index in [2.05, 4.69) is 24.0 Å². The summed E-state index contributed by atoms with van der Waals surface area (Å²) in [6.07, 6.45) is 0.944. The lowest BCUT2D eigenvalue weighted by molar-refractivity contribution is 0.0729. The van der Waals surface area contributed by atoms with Gasteiger partial charge in [0.05, 0.1) is 19.8 Å². The number of fused-ring (bicyclic) bond motifs is 1. The number of hydrogen-bond donors (Lipinski definition) is 2. The predicted molar refractivity (Wildman–Crippen MR) is 152 cm³/mol. The van der Waals surface area contributed by atoms with Crippen molar-refractivity contribution in [2.45, 2.75) is 39.8 Å². The molecule has 39 heavy (non-hydrogen) atoms. The Morgan fingerprint density at radius 3 is 2.59 bits per heavy atom. The second-order valence-electron chi connectivity index (χ2n) is 10.3. The van der Waals surface area contributed by atoms with Gasteiger partial charge in [-0.3, -0.25) is 9.89 Å². The van der Waals surface area contributed by atoms with Gasteiger partial charge in [-0.25, -0.2) is 0 Å². The molecule has 1 amide bonds. The van der Waals surface area contributed by atoms with E-state index >= 15 is 0 Å². The smallest absolute Gasteiger partial charge is 0.273 e. The molecule has 1 unspecified atom stereocenters. The van der Waals surface area contributed by atoms with Crippen molar-refractivity contribution >= 4 is 17.5 Å². The number of amides is 1. The zero-order chi connectivity index (χ0) is 27.7. The molecular formula is C31H32ClN3O4. The van der Waals surface area contributed by atoms with Crippen LogP contribution in [0, 0.1) is 12.8 Å². The van der Waals surface area contributed by atoms with E-state index in [0.29, 0.717) is 46.6 Å². The molecule has 5 rings (SSSR count). The lowest BCUT2D eigenvalue weighted by Crippen LogP contribution is -2.29. The average Bonchev–Trinajstić information content (AvgIpc) is 3.45. The molecule has 1 atom stereocenters. The predicted octanol–water partition coefficient (Wildman–Crippen LogP) is 6.92. The molecule has 202 valence electrons. The minimum absolute atomic E-state index is 0.0526. The van der Waals surface area contributed by atoms with Crippen LogP contribution in [0.25, 0.3) is 11.3 Å². The van der Waals surface area contributed by atoms with Crippen molar-refractivity contribution in [2.24, 2.45) is 5.92 Å². The number of methoxy groups -OCH3 is 1. The molecule has 2 N–H and O–H groups in total. The summed E-state index contributed by atoms with van der Waals surface area (Å²) in [4.78, 5) is 15.6. The number of phenolic OH excluding ortho intramolecular Hbond substituents is 1. The number of H-pyrrole nitrogens is 1. The number of rotatable bonds is 9. The number of nitrogens with one attached hydrogen (secondary N) is 1. The van der Waals surface area contributed by atoms with Crippen LogP contribution >= 0.6 is 11.6 Å². The monoisotopic (exact) mass is 545 g/mol. The van der Waals surface area contributed by atoms with Crippen molar-refractivity contribution in [3.8, 4) is 28.5 Å². The fourth-order valence-electron chi connectivity index (χ4n) is 4.88. The van der Waals surface area contributed by atoms with E-state index in [1.807, 2.05) is 60.4 Å². The van der Waals surface area contributed by atoms with Crippen LogP contribution in [0.1, 0.15) is 59.1 Å². The normalized spacial score (nSPS) is 14.7. The van der Waals surface area contributed by atoms with E-state index in [-0.39, 0.29) is 11.7 Å². The molecule has 7 nitrogen and oxygen atoms in total. The number of carbonyl (C=O) groups excluding carboxylic acids is 1. The molecule has 8 heteroatoms. The molecule has 3 aromatic carbocycles. The largest absolute Gasteiger partial charge is 0.507 e. The number of nitrogens with zero attached hydrogens (tertiary/aromatic N) is 2. The van der Waals surface area contributed by atoms with Crippen LogP contribution in [-0.4, -0.2) is 39.8 Å². The van der Waals surface area contributed by atoms with Crippen molar-refractivity contribution in [3.05, 3.63) is 93.6 Å². The molecular weight excluding hydrogens is 514 g/mol. The van der Waals surface area contributed by atoms with Gasteiger partial charge in [0.25, 0.3) is 5.91 Å². The minimum Gasteiger partial charge on any atom is -0.507 e. The Bertz CT molecular complexity index is 1500. The quantitative estimate of drug-likeness (QED) is 0.238. The molecule has 0 saturated carbocycles. The van der Waals surface area contributed by atoms with E-state index in [0.717, 1.165) is 34.6 Å². The van der Waals surface area contributed by atoms with Crippen LogP contribution in [0.15, 0.2) is 60.7 Å². The summed E-state index contributed by atoms with van der Waals surface area (Å²) in [7, 11) is 1.62. The summed E-state index contributed by atoms with van der Waals surface area (Å²) in [5, 5.41) is 18.8. The number of halogens is 1. The Hall–Kier alpha value is -3.97. The lowest BCUT2D eigenvalue weighted by Gasteiger charge is -2.27. The fourth-order valence-corrected chi connectivity index (χ4v) is 5.05. The SMILES string of the molecule is COc1ccc(CN2C(=O)c3[nH]nc(-c4cc(Cl)c(C)cc4O)c3C2c2cccc(OCCC(C)C)c2)cc1. The van der Waals surface area contributed by atoms with Gasteiger partial charge in [-0.05, 0) is 72.4 Å². The first-order valence-electron chi connectivity index (χ1n) is 13.0. The van der Waals surface area contributed by atoms with Crippen molar-refractivity contribution in [1.29, 1.82) is 0 Å². The zero-order valence-electron chi connectivity index (χ0n) is 22.5. The number of benzene rings is 3. The Balaban J connectivity index is 1.59. The maximum Gasteiger partial charge on any atom is 0.273 e. The average molecular weight is 546 g/mol. The van der Waals surface area contributed by atoms with E-state index in [1.165, 1.54) is 0 Å². The van der Waals surface area contributed by atoms with Crippen LogP contribution < -0.4 is 9.47 Å². The third-order valence-corrected chi connectivity index (χ3v) is 7.45. The number of aromatic nitrogens is 2. The number of ether oxygens (including phenoxy) is 2. The van der Waals surface area contributed by atoms with Gasteiger partial charge in [-0.1, -0.05) is 49.7 Å². The molecule has 1 aliphatic heterocycles. The van der Waals surface area contributed by atoms with Crippen LogP contribution in [0.2, 0.25) is 5.02 Å². The number of aromatic amines is 1. The molecule has 0 bridgehead atoms. The second-order valence-corrected chi connectivity index (χ2v) is 10.7. The molecule has 0 saturated heterocycles. The molecule has 0 spiro atoms. The Morgan fingerprint density at radius 2 is 1.87 bits per heavy atom. The van der Waals surface area contributed by atoms with Crippen LogP contribution in [0.3, 0.4) is 0 Å². The highest BCUT2D eigenvalue weighted by atomic mass is 35.5. The highest BCUT2D eigenvalue weighted by molar-refractivity contribution is 6.31. The minimum atomic E-state index is -0.462. The van der Waals surface area contributed by atoms with E-state index in [1.54, 1.807) is 19.2 Å². The molecule has 0 aliphatic carbocycles. The van der Waals surface area contributed by atoms with Gasteiger partial charge in [0.15, 0.2) is 0 Å². The number of carbonyl (C=O) groups is 1. The molecule has 0 fully saturated rings. The summed E-state index contributed by atoms with van der Waals surface area (Å²) >= 11 is 6.43. The zero-order valence-corrected chi connectivity index (χ0v) is 23.2. The molecule has 0 radical (unpaired) electrons. The Kier molecular flexibility index (Phi) is 7.53. The lowest BCUT2D eigenvalue weighted by atomic mass is 9.95. The highest BCUT2D eigenvalue weighted by Gasteiger charge is 2.42. The van der Waals surface area contributed by atoms with Gasteiger partial charge < -0.3 is 19.5 Å². The van der Waals surface area contributed by atoms with Crippen LogP contribution in [-0.2, 0) is 6.54 Å². The maximum atomic E-state index is 13.8. The third kappa shape index (κ3) is 5.32. The Morgan fingerprint density at radius 1 is 1.10 bits per heavy atom. The van der Waals surface area contributed by atoms with E-state index < -0.39 is 6.04 Å². The third-order valence-electron chi connectivity index (χ3n) is 7.05. The topological polar surface area (TPSA) is 87.7 Å². The van der Waals surface area contributed by atoms with Gasteiger partial charge in [0.2, 0.25) is 0 Å². The van der Waals surface area contributed by atoms with Crippen molar-refractivity contribution in [1.82, 2.24) is 15.1 Å². The van der Waals surface area contributed by atoms with Gasteiger partial charge in [0.1, 0.15) is 28.6 Å². The van der Waals surface area contributed by atoms with Gasteiger partial charge in [0, 0.05) is 22.7 Å².